The number of ether oxygens (including phenoxy) is 1. The summed E-state index contributed by atoms with van der Waals surface area (Å²) in [7, 11) is 1.50. The zero-order valence-electron chi connectivity index (χ0n) is 16.1. The highest BCUT2D eigenvalue weighted by Crippen LogP contribution is 2.33. The maximum absolute atomic E-state index is 14.7. The van der Waals surface area contributed by atoms with E-state index in [2.05, 4.69) is 5.32 Å². The molecule has 0 radical (unpaired) electrons. The molecule has 1 aliphatic rings. The third kappa shape index (κ3) is 3.81. The van der Waals surface area contributed by atoms with Gasteiger partial charge in [0.15, 0.2) is 23.3 Å². The van der Waals surface area contributed by atoms with Crippen LogP contribution in [0.1, 0.15) is 22.3 Å². The molecule has 0 aromatic heterocycles. The molecule has 0 amide bonds. The minimum atomic E-state index is -1.89. The first-order valence-electron chi connectivity index (χ1n) is 8.85. The Morgan fingerprint density at radius 3 is 2.35 bits per heavy atom. The second-order valence-corrected chi connectivity index (χ2v) is 6.44. The molecular weight excluding hydrogens is 415 g/mol. The maximum Gasteiger partial charge on any atom is 0.320 e. The van der Waals surface area contributed by atoms with Gasteiger partial charge in [0, 0.05) is 19.6 Å². The van der Waals surface area contributed by atoms with Crippen molar-refractivity contribution in [3.05, 3.63) is 79.9 Å². The normalized spacial score (nSPS) is 14.5. The molecule has 1 heterocycles. The van der Waals surface area contributed by atoms with Crippen LogP contribution in [0.15, 0.2) is 30.1 Å². The monoisotopic (exact) mass is 429 g/mol. The number of hydrogen-bond donors (Lipinski definition) is 1. The summed E-state index contributed by atoms with van der Waals surface area (Å²) in [6.07, 6.45) is 0. The van der Waals surface area contributed by atoms with Crippen LogP contribution in [0.4, 0.5) is 13.2 Å². The molecule has 0 saturated carbocycles. The van der Waals surface area contributed by atoms with E-state index in [-0.39, 0.29) is 25.5 Å². The summed E-state index contributed by atoms with van der Waals surface area (Å²) >= 11 is 0. The number of halogens is 3. The fraction of sp³-hybridized carbons (Fsp3) is 0.200. The number of nitrogens with zero attached hydrogens (tertiary/aromatic N) is 4. The van der Waals surface area contributed by atoms with Gasteiger partial charge in [-0.15, -0.1) is 0 Å². The molecule has 11 heteroatoms. The van der Waals surface area contributed by atoms with Crippen molar-refractivity contribution < 1.29 is 22.8 Å². The van der Waals surface area contributed by atoms with Crippen molar-refractivity contribution in [2.24, 2.45) is 0 Å². The molecule has 8 nitrogen and oxygen atoms in total. The van der Waals surface area contributed by atoms with Crippen LogP contribution < -0.4 is 10.1 Å². The molecule has 0 spiro atoms. The molecule has 1 N–H and O–H groups in total. The maximum atomic E-state index is 14.7. The highest BCUT2D eigenvalue weighted by Gasteiger charge is 2.37. The van der Waals surface area contributed by atoms with Gasteiger partial charge in [-0.25, -0.2) is 13.2 Å². The average molecular weight is 429 g/mol. The van der Waals surface area contributed by atoms with Crippen LogP contribution in [0.2, 0.25) is 0 Å². The van der Waals surface area contributed by atoms with E-state index in [1.807, 2.05) is 0 Å². The molecule has 0 unspecified atom stereocenters. The van der Waals surface area contributed by atoms with Gasteiger partial charge in [-0.3, -0.25) is 10.1 Å². The Morgan fingerprint density at radius 2 is 1.81 bits per heavy atom. The lowest BCUT2D eigenvalue weighted by Gasteiger charge is -2.20. The Balaban J connectivity index is 2.18. The van der Waals surface area contributed by atoms with E-state index in [0.29, 0.717) is 5.75 Å². The van der Waals surface area contributed by atoms with Gasteiger partial charge in [-0.1, -0.05) is 12.1 Å². The fourth-order valence-electron chi connectivity index (χ4n) is 3.26. The molecule has 0 bridgehead atoms. The van der Waals surface area contributed by atoms with E-state index in [1.54, 1.807) is 24.3 Å². The van der Waals surface area contributed by atoms with Crippen LogP contribution in [0.3, 0.4) is 0 Å². The fourth-order valence-corrected chi connectivity index (χ4v) is 3.26. The van der Waals surface area contributed by atoms with Gasteiger partial charge >= 0.3 is 5.70 Å². The lowest BCUT2D eigenvalue weighted by atomic mass is 9.99. The number of methoxy groups -OCH3 is 1. The highest BCUT2D eigenvalue weighted by molar-refractivity contribution is 5.69. The molecule has 1 fully saturated rings. The van der Waals surface area contributed by atoms with Crippen molar-refractivity contribution in [2.75, 3.05) is 20.2 Å². The summed E-state index contributed by atoms with van der Waals surface area (Å²) in [5.74, 6) is -4.98. The molecule has 1 saturated heterocycles. The van der Waals surface area contributed by atoms with E-state index in [1.165, 1.54) is 18.1 Å². The first-order chi connectivity index (χ1) is 14.8. The Bertz CT molecular complexity index is 1170. The quantitative estimate of drug-likeness (QED) is 0.441. The topological polar surface area (TPSA) is 115 Å². The van der Waals surface area contributed by atoms with Crippen LogP contribution in [0.5, 0.6) is 5.75 Å². The van der Waals surface area contributed by atoms with E-state index < -0.39 is 44.8 Å². The minimum Gasteiger partial charge on any atom is -0.497 e. The summed E-state index contributed by atoms with van der Waals surface area (Å²) in [5, 5.41) is 32.7. The Labute approximate surface area is 174 Å². The summed E-state index contributed by atoms with van der Waals surface area (Å²) in [4.78, 5) is 12.3. The Kier molecular flexibility index (Phi) is 5.97. The number of hydrogen-bond acceptors (Lipinski definition) is 7. The van der Waals surface area contributed by atoms with Gasteiger partial charge in [-0.05, 0) is 17.7 Å². The Morgan fingerprint density at radius 1 is 1.16 bits per heavy atom. The van der Waals surface area contributed by atoms with Crippen LogP contribution in [0.25, 0.3) is 5.70 Å². The molecular formula is C20H14F3N5O3. The summed E-state index contributed by atoms with van der Waals surface area (Å²) in [5.41, 5.74) is -3.84. The van der Waals surface area contributed by atoms with Crippen LogP contribution in [-0.2, 0) is 6.54 Å². The molecule has 0 atom stereocenters. The van der Waals surface area contributed by atoms with Crippen LogP contribution in [-0.4, -0.2) is 30.0 Å². The van der Waals surface area contributed by atoms with Crippen LogP contribution in [0, 0.1) is 50.2 Å². The third-order valence-corrected chi connectivity index (χ3v) is 4.71. The smallest absolute Gasteiger partial charge is 0.320 e. The average Bonchev–Trinajstić information content (AvgIpc) is 3.20. The first kappa shape index (κ1) is 21.5. The lowest BCUT2D eigenvalue weighted by molar-refractivity contribution is -0.377. The number of nitrogens with one attached hydrogen (secondary N) is 1. The van der Waals surface area contributed by atoms with Gasteiger partial charge in [-0.2, -0.15) is 10.5 Å². The van der Waals surface area contributed by atoms with E-state index in [4.69, 9.17) is 10.00 Å². The van der Waals surface area contributed by atoms with Crippen molar-refractivity contribution in [2.45, 2.75) is 6.54 Å². The predicted molar refractivity (Wildman–Crippen MR) is 101 cm³/mol. The third-order valence-electron chi connectivity index (χ3n) is 4.71. The predicted octanol–water partition coefficient (Wildman–Crippen LogP) is 2.86. The number of nitro groups is 1. The van der Waals surface area contributed by atoms with Crippen molar-refractivity contribution in [3.63, 3.8) is 0 Å². The number of rotatable bonds is 5. The molecule has 0 aliphatic carbocycles. The van der Waals surface area contributed by atoms with Gasteiger partial charge in [0.25, 0.3) is 0 Å². The molecule has 2 aromatic carbocycles. The molecule has 2 aromatic rings. The number of benzene rings is 2. The summed E-state index contributed by atoms with van der Waals surface area (Å²) < 4.78 is 48.5. The van der Waals surface area contributed by atoms with Crippen molar-refractivity contribution in [1.82, 2.24) is 10.2 Å². The SMILES string of the molecule is COc1ccc(CN2CCN/C2=C(/c2c(F)c(F)c(C#N)c(F)c2C#N)[N+](=O)[O-])cc1. The second-order valence-electron chi connectivity index (χ2n) is 6.44. The van der Waals surface area contributed by atoms with E-state index in [9.17, 15) is 28.5 Å². The second kappa shape index (κ2) is 8.63. The van der Waals surface area contributed by atoms with Gasteiger partial charge in [0.1, 0.15) is 34.6 Å². The van der Waals surface area contributed by atoms with Gasteiger partial charge in [0.05, 0.1) is 12.0 Å². The van der Waals surface area contributed by atoms with Gasteiger partial charge < -0.3 is 15.0 Å². The number of nitriles is 2. The first-order valence-corrected chi connectivity index (χ1v) is 8.85. The van der Waals surface area contributed by atoms with Crippen molar-refractivity contribution in [1.29, 1.82) is 10.5 Å². The largest absolute Gasteiger partial charge is 0.497 e. The molecule has 31 heavy (non-hydrogen) atoms. The molecule has 158 valence electrons. The van der Waals surface area contributed by atoms with E-state index in [0.717, 1.165) is 11.6 Å². The standard InChI is InChI=1S/C20H14F3N5O3/c1-31-12-4-2-11(3-5-12)10-27-7-6-26-20(27)19(28(29)30)15-13(8-24)16(21)14(9-25)17(22)18(15)23/h2-5,26H,6-7,10H2,1H3/b20-19+. The minimum absolute atomic E-state index is 0.161. The van der Waals surface area contributed by atoms with Crippen molar-refractivity contribution in [3.8, 4) is 17.9 Å². The van der Waals surface area contributed by atoms with Crippen LogP contribution >= 0.6 is 0 Å². The molecule has 3 rings (SSSR count). The Hall–Kier alpha value is -4.25. The lowest BCUT2D eigenvalue weighted by Crippen LogP contribution is -2.24. The summed E-state index contributed by atoms with van der Waals surface area (Å²) in [6.45, 7) is 0.686. The van der Waals surface area contributed by atoms with Gasteiger partial charge in [0.2, 0.25) is 0 Å². The molecule has 1 aliphatic heterocycles. The zero-order chi connectivity index (χ0) is 22.7. The zero-order valence-corrected chi connectivity index (χ0v) is 16.1. The van der Waals surface area contributed by atoms with Crippen molar-refractivity contribution >= 4 is 5.70 Å². The summed E-state index contributed by atoms with van der Waals surface area (Å²) in [6, 6.07) is 9.27. The highest BCUT2D eigenvalue weighted by atomic mass is 19.2. The van der Waals surface area contributed by atoms with E-state index >= 15 is 0 Å².